The molecular weight excluding hydrogens is 392 g/mol. The minimum absolute atomic E-state index is 0.151. The number of para-hydroxylation sites is 2. The van der Waals surface area contributed by atoms with Gasteiger partial charge in [0.2, 0.25) is 0 Å². The maximum atomic E-state index is 11.8. The van der Waals surface area contributed by atoms with Crippen LogP contribution in [0.1, 0.15) is 5.56 Å². The Morgan fingerprint density at radius 2 is 2.21 bits per heavy atom. The summed E-state index contributed by atoms with van der Waals surface area (Å²) in [6.45, 7) is 0. The Morgan fingerprint density at radius 1 is 1.38 bits per heavy atom. The van der Waals surface area contributed by atoms with E-state index >= 15 is 0 Å². The predicted molar refractivity (Wildman–Crippen MR) is 98.4 cm³/mol. The number of thioether (sulfide) groups is 1. The topological polar surface area (TPSA) is 90.4 Å². The van der Waals surface area contributed by atoms with Gasteiger partial charge in [0.25, 0.3) is 5.91 Å². The van der Waals surface area contributed by atoms with E-state index in [0.717, 1.165) is 16.6 Å². The largest absolute Gasteiger partial charge is 0.507 e. The van der Waals surface area contributed by atoms with Crippen molar-refractivity contribution in [3.63, 3.8) is 0 Å². The number of amides is 1. The zero-order valence-corrected chi connectivity index (χ0v) is 14.8. The van der Waals surface area contributed by atoms with Crippen molar-refractivity contribution in [2.45, 2.75) is 5.16 Å². The summed E-state index contributed by atoms with van der Waals surface area (Å²) < 4.78 is 0.568. The maximum Gasteiger partial charge on any atom is 0.250 e. The molecule has 8 heteroatoms. The molecule has 3 rings (SSSR count). The lowest BCUT2D eigenvalue weighted by atomic mass is 10.2. The number of aromatic nitrogens is 2. The minimum Gasteiger partial charge on any atom is -0.507 e. The van der Waals surface area contributed by atoms with Gasteiger partial charge in [0.15, 0.2) is 5.16 Å². The first-order valence-electron chi connectivity index (χ1n) is 7.00. The Labute approximate surface area is 150 Å². The molecule has 0 spiro atoms. The predicted octanol–water partition coefficient (Wildman–Crippen LogP) is 3.27. The maximum absolute atomic E-state index is 11.8. The number of imidazole rings is 1. The number of hydrogen-bond donors (Lipinski definition) is 3. The van der Waals surface area contributed by atoms with Crippen molar-refractivity contribution < 1.29 is 9.90 Å². The lowest BCUT2D eigenvalue weighted by Gasteiger charge is -1.99. The molecule has 122 valence electrons. The van der Waals surface area contributed by atoms with Crippen LogP contribution in [-0.2, 0) is 4.79 Å². The van der Waals surface area contributed by atoms with E-state index in [1.807, 2.05) is 24.3 Å². The summed E-state index contributed by atoms with van der Waals surface area (Å²) in [5.74, 6) is 0.129. The Hall–Kier alpha value is -2.32. The van der Waals surface area contributed by atoms with Gasteiger partial charge in [-0.25, -0.2) is 10.4 Å². The number of benzene rings is 2. The number of phenolic OH excluding ortho intramolecular Hbond substituents is 1. The summed E-state index contributed by atoms with van der Waals surface area (Å²) >= 11 is 4.53. The number of nitrogens with one attached hydrogen (secondary N) is 2. The monoisotopic (exact) mass is 404 g/mol. The minimum atomic E-state index is -0.227. The van der Waals surface area contributed by atoms with E-state index in [1.165, 1.54) is 18.0 Å². The van der Waals surface area contributed by atoms with Crippen LogP contribution in [0, 0.1) is 0 Å². The van der Waals surface area contributed by atoms with Gasteiger partial charge in [0, 0.05) is 0 Å². The smallest absolute Gasteiger partial charge is 0.250 e. The van der Waals surface area contributed by atoms with E-state index in [4.69, 9.17) is 0 Å². The second-order valence-electron chi connectivity index (χ2n) is 4.85. The highest BCUT2D eigenvalue weighted by Gasteiger charge is 2.06. The average molecular weight is 405 g/mol. The molecule has 0 radical (unpaired) electrons. The summed E-state index contributed by atoms with van der Waals surface area (Å²) in [7, 11) is 0. The van der Waals surface area contributed by atoms with Gasteiger partial charge in [-0.2, -0.15) is 5.10 Å². The number of aromatic amines is 1. The van der Waals surface area contributed by atoms with Gasteiger partial charge in [0.05, 0.1) is 27.5 Å². The summed E-state index contributed by atoms with van der Waals surface area (Å²) in [5.41, 5.74) is 5.03. The average Bonchev–Trinajstić information content (AvgIpc) is 2.99. The van der Waals surface area contributed by atoms with Gasteiger partial charge >= 0.3 is 0 Å². The van der Waals surface area contributed by atoms with Crippen molar-refractivity contribution in [2.24, 2.45) is 5.10 Å². The number of halogens is 1. The van der Waals surface area contributed by atoms with Crippen LogP contribution >= 0.6 is 27.7 Å². The van der Waals surface area contributed by atoms with Crippen molar-refractivity contribution in [1.82, 2.24) is 15.4 Å². The van der Waals surface area contributed by atoms with Crippen molar-refractivity contribution in [3.8, 4) is 5.75 Å². The number of phenols is 1. The molecule has 0 fully saturated rings. The van der Waals surface area contributed by atoms with E-state index in [0.29, 0.717) is 9.63 Å². The van der Waals surface area contributed by atoms with Crippen molar-refractivity contribution in [1.29, 1.82) is 0 Å². The highest BCUT2D eigenvalue weighted by molar-refractivity contribution is 9.10. The number of carbonyl (C=O) groups is 1. The number of hydrazone groups is 1. The van der Waals surface area contributed by atoms with Crippen LogP contribution in [0.15, 0.2) is 57.2 Å². The van der Waals surface area contributed by atoms with Gasteiger partial charge in [-0.1, -0.05) is 23.9 Å². The van der Waals surface area contributed by atoms with E-state index in [2.05, 4.69) is 36.4 Å². The van der Waals surface area contributed by atoms with Crippen molar-refractivity contribution in [3.05, 3.63) is 52.5 Å². The molecule has 0 atom stereocenters. The third-order valence-electron chi connectivity index (χ3n) is 3.08. The van der Waals surface area contributed by atoms with Crippen LogP contribution in [0.5, 0.6) is 5.75 Å². The number of H-pyrrole nitrogens is 1. The summed E-state index contributed by atoms with van der Waals surface area (Å²) in [5, 5.41) is 14.0. The molecular formula is C16H13BrN4O2S. The lowest BCUT2D eigenvalue weighted by molar-refractivity contribution is -0.118. The van der Waals surface area contributed by atoms with E-state index < -0.39 is 0 Å². The van der Waals surface area contributed by atoms with Gasteiger partial charge in [-0.3, -0.25) is 4.79 Å². The van der Waals surface area contributed by atoms with Gasteiger partial charge < -0.3 is 10.1 Å². The molecule has 1 heterocycles. The fourth-order valence-electron chi connectivity index (χ4n) is 1.95. The lowest BCUT2D eigenvalue weighted by Crippen LogP contribution is -2.19. The van der Waals surface area contributed by atoms with Crippen LogP contribution in [0.3, 0.4) is 0 Å². The Morgan fingerprint density at radius 3 is 3.00 bits per heavy atom. The molecule has 6 nitrogen and oxygen atoms in total. The first-order valence-corrected chi connectivity index (χ1v) is 8.77. The van der Waals surface area contributed by atoms with Crippen LogP contribution in [-0.4, -0.2) is 32.9 Å². The van der Waals surface area contributed by atoms with Crippen molar-refractivity contribution in [2.75, 3.05) is 5.75 Å². The molecule has 3 N–H and O–H groups in total. The molecule has 24 heavy (non-hydrogen) atoms. The number of aromatic hydroxyl groups is 1. The van der Waals surface area contributed by atoms with E-state index in [1.54, 1.807) is 18.2 Å². The zero-order valence-electron chi connectivity index (χ0n) is 12.4. The van der Waals surface area contributed by atoms with Gasteiger partial charge in [0.1, 0.15) is 5.75 Å². The molecule has 0 saturated heterocycles. The van der Waals surface area contributed by atoms with E-state index in [-0.39, 0.29) is 17.4 Å². The van der Waals surface area contributed by atoms with Crippen LogP contribution < -0.4 is 5.43 Å². The Balaban J connectivity index is 1.51. The van der Waals surface area contributed by atoms with Gasteiger partial charge in [-0.05, 0) is 51.8 Å². The molecule has 0 bridgehead atoms. The fraction of sp³-hybridized carbons (Fsp3) is 0.0625. The quantitative estimate of drug-likeness (QED) is 0.345. The number of hydrogen-bond acceptors (Lipinski definition) is 5. The van der Waals surface area contributed by atoms with Gasteiger partial charge in [-0.15, -0.1) is 0 Å². The first kappa shape index (κ1) is 16.5. The summed E-state index contributed by atoms with van der Waals surface area (Å²) in [6.07, 6.45) is 1.51. The van der Waals surface area contributed by atoms with E-state index in [9.17, 15) is 9.90 Å². The third-order valence-corrected chi connectivity index (χ3v) is 4.59. The van der Waals surface area contributed by atoms with Crippen LogP contribution in [0.2, 0.25) is 0 Å². The number of rotatable bonds is 5. The molecule has 2 aromatic carbocycles. The summed E-state index contributed by atoms with van der Waals surface area (Å²) in [6, 6.07) is 12.6. The molecule has 3 aromatic rings. The standard InChI is InChI=1S/C16H13BrN4O2S/c17-11-7-10(5-6-14(11)22)8-18-21-15(23)9-24-16-19-12-3-1-2-4-13(12)20-16/h1-8,22H,9H2,(H,19,20)(H,21,23)/b18-8-. The molecule has 0 saturated carbocycles. The molecule has 0 aliphatic carbocycles. The Bertz CT molecular complexity index is 877. The number of nitrogens with zero attached hydrogens (tertiary/aromatic N) is 2. The van der Waals surface area contributed by atoms with Crippen LogP contribution in [0.25, 0.3) is 11.0 Å². The normalized spacial score (nSPS) is 11.2. The molecule has 0 unspecified atom stereocenters. The Kier molecular flexibility index (Phi) is 5.17. The second-order valence-corrected chi connectivity index (χ2v) is 6.67. The number of carbonyl (C=O) groups excluding carboxylic acids is 1. The highest BCUT2D eigenvalue weighted by atomic mass is 79.9. The van der Waals surface area contributed by atoms with Crippen molar-refractivity contribution >= 4 is 50.8 Å². The summed E-state index contributed by atoms with van der Waals surface area (Å²) in [4.78, 5) is 19.3. The van der Waals surface area contributed by atoms with Crippen LogP contribution in [0.4, 0.5) is 0 Å². The molecule has 0 aliphatic heterocycles. The molecule has 1 aromatic heterocycles. The highest BCUT2D eigenvalue weighted by Crippen LogP contribution is 2.23. The number of fused-ring (bicyclic) bond motifs is 1. The SMILES string of the molecule is O=C(CSc1nc2ccccc2[nH]1)N/N=C\c1ccc(O)c(Br)c1. The molecule has 0 aliphatic rings. The zero-order chi connectivity index (χ0) is 16.9. The second kappa shape index (κ2) is 7.50. The third kappa shape index (κ3) is 4.15. The fourth-order valence-corrected chi connectivity index (χ4v) is 3.02. The first-order chi connectivity index (χ1) is 11.6. The molecule has 1 amide bonds.